The van der Waals surface area contributed by atoms with Gasteiger partial charge < -0.3 is 15.4 Å². The van der Waals surface area contributed by atoms with E-state index in [2.05, 4.69) is 6.07 Å². The average molecular weight is 260 g/mol. The van der Waals surface area contributed by atoms with Crippen molar-refractivity contribution < 1.29 is 9.53 Å². The predicted octanol–water partition coefficient (Wildman–Crippen LogP) is 1.63. The van der Waals surface area contributed by atoms with Crippen molar-refractivity contribution in [3.63, 3.8) is 0 Å². The molecule has 0 radical (unpaired) electrons. The Morgan fingerprint density at radius 1 is 1.42 bits per heavy atom. The number of rotatable bonds is 2. The van der Waals surface area contributed by atoms with Gasteiger partial charge in [0.05, 0.1) is 12.6 Å². The first-order valence-corrected chi connectivity index (χ1v) is 6.90. The second kappa shape index (κ2) is 4.53. The van der Waals surface area contributed by atoms with Gasteiger partial charge in [0, 0.05) is 24.9 Å². The number of fused-ring (bicyclic) bond motifs is 1. The lowest BCUT2D eigenvalue weighted by Gasteiger charge is -2.31. The Bertz CT molecular complexity index is 513. The van der Waals surface area contributed by atoms with E-state index in [-0.39, 0.29) is 24.0 Å². The molecule has 4 nitrogen and oxygen atoms in total. The van der Waals surface area contributed by atoms with Gasteiger partial charge in [0.2, 0.25) is 5.91 Å². The molecule has 2 aliphatic rings. The van der Waals surface area contributed by atoms with Gasteiger partial charge in [-0.15, -0.1) is 0 Å². The number of carbonyl (C=O) groups excluding carboxylic acids is 1. The fraction of sp³-hybridized carbons (Fsp3) is 0.533. The molecule has 19 heavy (non-hydrogen) atoms. The molecule has 1 fully saturated rings. The van der Waals surface area contributed by atoms with Crippen molar-refractivity contribution in [3.05, 3.63) is 29.3 Å². The van der Waals surface area contributed by atoms with Gasteiger partial charge in [-0.25, -0.2) is 0 Å². The van der Waals surface area contributed by atoms with Crippen LogP contribution >= 0.6 is 0 Å². The van der Waals surface area contributed by atoms with Crippen LogP contribution in [0.1, 0.15) is 37.4 Å². The molecule has 2 N–H and O–H groups in total. The molecule has 102 valence electrons. The van der Waals surface area contributed by atoms with Crippen LogP contribution in [-0.2, 0) is 11.2 Å². The van der Waals surface area contributed by atoms with Crippen molar-refractivity contribution in [2.75, 3.05) is 6.61 Å². The van der Waals surface area contributed by atoms with E-state index in [0.717, 1.165) is 24.3 Å². The van der Waals surface area contributed by atoms with Gasteiger partial charge in [0.1, 0.15) is 5.75 Å². The summed E-state index contributed by atoms with van der Waals surface area (Å²) in [6, 6.07) is 6.26. The third-order valence-electron chi connectivity index (χ3n) is 4.01. The predicted molar refractivity (Wildman–Crippen MR) is 73.0 cm³/mol. The molecule has 4 heteroatoms. The molecule has 1 amide bonds. The Hall–Kier alpha value is -1.55. The van der Waals surface area contributed by atoms with E-state index >= 15 is 0 Å². The van der Waals surface area contributed by atoms with Crippen molar-refractivity contribution in [1.82, 2.24) is 4.90 Å². The number of nitrogens with two attached hydrogens (primary N) is 1. The first kappa shape index (κ1) is 12.5. The summed E-state index contributed by atoms with van der Waals surface area (Å²) in [5, 5.41) is 0. The van der Waals surface area contributed by atoms with Crippen LogP contribution in [0, 0.1) is 0 Å². The molecule has 0 aliphatic carbocycles. The summed E-state index contributed by atoms with van der Waals surface area (Å²) in [4.78, 5) is 14.0. The maximum Gasteiger partial charge on any atom is 0.225 e. The smallest absolute Gasteiger partial charge is 0.225 e. The van der Waals surface area contributed by atoms with Crippen LogP contribution in [0.4, 0.5) is 0 Å². The molecule has 2 aliphatic heterocycles. The van der Waals surface area contributed by atoms with Gasteiger partial charge in [-0.1, -0.05) is 6.07 Å². The van der Waals surface area contributed by atoms with Crippen LogP contribution in [0.25, 0.3) is 0 Å². The summed E-state index contributed by atoms with van der Waals surface area (Å²) in [6.07, 6.45) is 1.39. The normalized spacial score (nSPS) is 25.9. The van der Waals surface area contributed by atoms with Crippen LogP contribution in [0.2, 0.25) is 0 Å². The Morgan fingerprint density at radius 3 is 2.95 bits per heavy atom. The van der Waals surface area contributed by atoms with Crippen LogP contribution in [-0.4, -0.2) is 29.5 Å². The molecule has 2 unspecified atom stereocenters. The summed E-state index contributed by atoms with van der Waals surface area (Å²) in [5.74, 6) is 1.13. The molecule has 1 saturated heterocycles. The number of amides is 1. The van der Waals surface area contributed by atoms with E-state index in [0.29, 0.717) is 6.42 Å². The first-order valence-electron chi connectivity index (χ1n) is 6.90. The Kier molecular flexibility index (Phi) is 2.97. The third kappa shape index (κ3) is 2.00. The second-order valence-electron chi connectivity index (χ2n) is 5.67. The van der Waals surface area contributed by atoms with Crippen LogP contribution in [0.15, 0.2) is 18.2 Å². The molecule has 1 aromatic rings. The highest BCUT2D eigenvalue weighted by Gasteiger charge is 2.40. The number of carbonyl (C=O) groups is 1. The largest absolute Gasteiger partial charge is 0.493 e. The molecule has 2 heterocycles. The molecule has 0 spiro atoms. The number of ether oxygens (including phenoxy) is 1. The van der Waals surface area contributed by atoms with Gasteiger partial charge in [-0.05, 0) is 37.1 Å². The van der Waals surface area contributed by atoms with E-state index in [1.54, 1.807) is 0 Å². The first-order chi connectivity index (χ1) is 9.08. The number of benzene rings is 1. The topological polar surface area (TPSA) is 55.6 Å². The SMILES string of the molecule is CC(C)N1C(=O)CC(N)C1c1ccc2c(c1)CCO2. The minimum Gasteiger partial charge on any atom is -0.493 e. The maximum absolute atomic E-state index is 12.1. The fourth-order valence-electron chi connectivity index (χ4n) is 3.19. The number of nitrogens with zero attached hydrogens (tertiary/aromatic N) is 1. The monoisotopic (exact) mass is 260 g/mol. The number of likely N-dealkylation sites (tertiary alicyclic amines) is 1. The lowest BCUT2D eigenvalue weighted by Crippen LogP contribution is -2.37. The highest BCUT2D eigenvalue weighted by atomic mass is 16.5. The van der Waals surface area contributed by atoms with Crippen LogP contribution in [0.3, 0.4) is 0 Å². The maximum atomic E-state index is 12.1. The minimum absolute atomic E-state index is 0.00148. The molecule has 1 aromatic carbocycles. The zero-order chi connectivity index (χ0) is 13.6. The van der Waals surface area contributed by atoms with Gasteiger partial charge in [-0.2, -0.15) is 0 Å². The summed E-state index contributed by atoms with van der Waals surface area (Å²) >= 11 is 0. The Labute approximate surface area is 113 Å². The molecule has 2 atom stereocenters. The third-order valence-corrected chi connectivity index (χ3v) is 4.01. The van der Waals surface area contributed by atoms with Gasteiger partial charge >= 0.3 is 0 Å². The molecular formula is C15H20N2O2. The van der Waals surface area contributed by atoms with E-state index in [1.807, 2.05) is 30.9 Å². The standard InChI is InChI=1S/C15H20N2O2/c1-9(2)17-14(18)8-12(16)15(17)11-3-4-13-10(7-11)5-6-19-13/h3-4,7,9,12,15H,5-6,8,16H2,1-2H3. The zero-order valence-corrected chi connectivity index (χ0v) is 11.4. The van der Waals surface area contributed by atoms with Gasteiger partial charge in [0.25, 0.3) is 0 Å². The van der Waals surface area contributed by atoms with E-state index in [9.17, 15) is 4.79 Å². The van der Waals surface area contributed by atoms with Crippen LogP contribution < -0.4 is 10.5 Å². The van der Waals surface area contributed by atoms with Crippen molar-refractivity contribution in [2.24, 2.45) is 5.73 Å². The average Bonchev–Trinajstić information content (AvgIpc) is 2.91. The summed E-state index contributed by atoms with van der Waals surface area (Å²) < 4.78 is 5.53. The lowest BCUT2D eigenvalue weighted by molar-refractivity contribution is -0.130. The fourth-order valence-corrected chi connectivity index (χ4v) is 3.19. The quantitative estimate of drug-likeness (QED) is 0.879. The second-order valence-corrected chi connectivity index (χ2v) is 5.67. The Morgan fingerprint density at radius 2 is 2.21 bits per heavy atom. The minimum atomic E-state index is -0.115. The van der Waals surface area contributed by atoms with Crippen molar-refractivity contribution >= 4 is 5.91 Å². The number of hydrogen-bond donors (Lipinski definition) is 1. The molecule has 0 aromatic heterocycles. The van der Waals surface area contributed by atoms with Crippen molar-refractivity contribution in [1.29, 1.82) is 0 Å². The van der Waals surface area contributed by atoms with Crippen LogP contribution in [0.5, 0.6) is 5.75 Å². The summed E-state index contributed by atoms with van der Waals surface area (Å²) in [6.45, 7) is 4.83. The highest BCUT2D eigenvalue weighted by Crippen LogP contribution is 2.36. The van der Waals surface area contributed by atoms with Gasteiger partial charge in [-0.3, -0.25) is 4.79 Å². The van der Waals surface area contributed by atoms with Crippen molar-refractivity contribution in [2.45, 2.75) is 44.8 Å². The number of hydrogen-bond acceptors (Lipinski definition) is 3. The zero-order valence-electron chi connectivity index (χ0n) is 11.4. The summed E-state index contributed by atoms with van der Waals surface area (Å²) in [7, 11) is 0. The van der Waals surface area contributed by atoms with E-state index in [4.69, 9.17) is 10.5 Å². The Balaban J connectivity index is 1.97. The van der Waals surface area contributed by atoms with Crippen molar-refractivity contribution in [3.8, 4) is 5.75 Å². The van der Waals surface area contributed by atoms with E-state index < -0.39 is 0 Å². The van der Waals surface area contributed by atoms with E-state index in [1.165, 1.54) is 5.56 Å². The molecular weight excluding hydrogens is 240 g/mol. The molecule has 0 bridgehead atoms. The molecule has 0 saturated carbocycles. The lowest BCUT2D eigenvalue weighted by atomic mass is 9.97. The van der Waals surface area contributed by atoms with Gasteiger partial charge in [0.15, 0.2) is 0 Å². The summed E-state index contributed by atoms with van der Waals surface area (Å²) in [5.41, 5.74) is 8.55. The molecule has 3 rings (SSSR count). The highest BCUT2D eigenvalue weighted by molar-refractivity contribution is 5.80.